The Labute approximate surface area is 311 Å². The smallest absolute Gasteiger partial charge is 0.350 e. The number of anilines is 2. The molecule has 6 rings (SSSR count). The number of thiazole rings is 1. The van der Waals surface area contributed by atoms with Crippen LogP contribution in [0.25, 0.3) is 0 Å². The van der Waals surface area contributed by atoms with Crippen molar-refractivity contribution in [2.75, 3.05) is 37.6 Å². The second kappa shape index (κ2) is 15.4. The molecule has 5 N–H and O–H groups in total. The van der Waals surface area contributed by atoms with Crippen molar-refractivity contribution in [2.45, 2.75) is 55.9 Å². The quantitative estimate of drug-likeness (QED) is 0.125. The van der Waals surface area contributed by atoms with E-state index >= 15 is 0 Å². The molecule has 1 saturated heterocycles. The summed E-state index contributed by atoms with van der Waals surface area (Å²) in [5, 5.41) is 15.1. The predicted molar refractivity (Wildman–Crippen MR) is 196 cm³/mol. The number of rotatable bonds is 11. The van der Waals surface area contributed by atoms with Crippen molar-refractivity contribution in [1.29, 1.82) is 0 Å². The van der Waals surface area contributed by atoms with E-state index in [-0.39, 0.29) is 39.7 Å². The second-order valence-corrected chi connectivity index (χ2v) is 16.2. The third-order valence-electron chi connectivity index (χ3n) is 8.99. The van der Waals surface area contributed by atoms with Gasteiger partial charge in [0, 0.05) is 18.2 Å². The third-order valence-corrected chi connectivity index (χ3v) is 11.9. The molecule has 53 heavy (non-hydrogen) atoms. The number of likely N-dealkylation sites (tertiary alicyclic amines) is 1. The SMILES string of the molecule is CC(=O)Nc1nc(C)c(S(=O)(=O)Oc2ccc(NC(=O)N(C(=O)[C@@H](N)Cc3ccc(O)cc3)[C@H]3CCC[N+](C)(Cc4ccc5c(c4)OCO5)C3)cc2)s1. The first-order chi connectivity index (χ1) is 25.2. The largest absolute Gasteiger partial charge is 0.508 e. The van der Waals surface area contributed by atoms with Crippen LogP contribution in [0.15, 0.2) is 70.9 Å². The number of hydrogen-bond acceptors (Lipinski definition) is 12. The van der Waals surface area contributed by atoms with Crippen molar-refractivity contribution in [3.05, 3.63) is 83.6 Å². The number of amides is 4. The maximum atomic E-state index is 14.1. The molecule has 280 valence electrons. The van der Waals surface area contributed by atoms with Gasteiger partial charge in [0.05, 0.1) is 31.4 Å². The van der Waals surface area contributed by atoms with Crippen LogP contribution in [0.3, 0.4) is 0 Å². The number of urea groups is 1. The Morgan fingerprint density at radius 2 is 1.75 bits per heavy atom. The Hall–Kier alpha value is -5.23. The van der Waals surface area contributed by atoms with Crippen LogP contribution < -0.4 is 30.0 Å². The van der Waals surface area contributed by atoms with Crippen molar-refractivity contribution in [3.63, 3.8) is 0 Å². The highest BCUT2D eigenvalue weighted by Crippen LogP contribution is 2.35. The Balaban J connectivity index is 1.19. The van der Waals surface area contributed by atoms with Crippen LogP contribution in [0.5, 0.6) is 23.0 Å². The van der Waals surface area contributed by atoms with Gasteiger partial charge in [-0.25, -0.2) is 9.78 Å². The average molecular weight is 766 g/mol. The number of carbonyl (C=O) groups is 3. The number of fused-ring (bicyclic) bond motifs is 1. The fourth-order valence-corrected chi connectivity index (χ4v) is 8.93. The number of aryl methyl sites for hydroxylation is 1. The molecule has 0 bridgehead atoms. The summed E-state index contributed by atoms with van der Waals surface area (Å²) >= 11 is 0.769. The number of nitrogens with two attached hydrogens (primary N) is 1. The summed E-state index contributed by atoms with van der Waals surface area (Å²) in [4.78, 5) is 44.9. The standard InChI is InChI=1S/C36H40N6O9S2/c1-22-34(52-35(38-22)39-23(2)43)53(47,48)51-29-13-9-26(10-14-29)40-36(46)41(33(45)30(37)17-24-6-11-28(44)12-7-24)27-5-4-16-42(3,20-27)19-25-8-15-31-32(18-25)50-21-49-31/h6-15,18,27,30H,4-5,16-17,19-21,37H2,1-3H3,(H2-,38,39,40,43,44,46)/p+1/t27-,30-,42?/m0/s1. The van der Waals surface area contributed by atoms with Crippen LogP contribution in [0, 0.1) is 6.92 Å². The molecule has 3 aromatic carbocycles. The molecule has 15 nitrogen and oxygen atoms in total. The van der Waals surface area contributed by atoms with E-state index in [1.807, 2.05) is 18.2 Å². The van der Waals surface area contributed by atoms with Gasteiger partial charge in [-0.05, 0) is 86.3 Å². The lowest BCUT2D eigenvalue weighted by atomic mass is 9.98. The molecule has 1 fully saturated rings. The number of hydrogen-bond donors (Lipinski definition) is 4. The predicted octanol–water partition coefficient (Wildman–Crippen LogP) is 4.35. The van der Waals surface area contributed by atoms with Crippen LogP contribution in [0.1, 0.15) is 36.6 Å². The zero-order valence-corrected chi connectivity index (χ0v) is 31.0. The molecule has 0 aliphatic carbocycles. The lowest BCUT2D eigenvalue weighted by Gasteiger charge is -2.44. The average Bonchev–Trinajstić information content (AvgIpc) is 3.72. The van der Waals surface area contributed by atoms with Gasteiger partial charge in [0.25, 0.3) is 0 Å². The number of ether oxygens (including phenoxy) is 2. The molecule has 1 unspecified atom stereocenters. The fourth-order valence-electron chi connectivity index (χ4n) is 6.59. The molecule has 0 saturated carbocycles. The number of phenols is 1. The van der Waals surface area contributed by atoms with Crippen LogP contribution in [0.4, 0.5) is 15.6 Å². The van der Waals surface area contributed by atoms with E-state index in [1.165, 1.54) is 55.1 Å². The molecular formula is C36H41N6O9S2+. The van der Waals surface area contributed by atoms with Crippen molar-refractivity contribution in [2.24, 2.45) is 5.73 Å². The summed E-state index contributed by atoms with van der Waals surface area (Å²) in [5.41, 5.74) is 8.69. The van der Waals surface area contributed by atoms with Crippen molar-refractivity contribution >= 4 is 50.1 Å². The molecule has 0 radical (unpaired) electrons. The van der Waals surface area contributed by atoms with Gasteiger partial charge < -0.3 is 39.6 Å². The first-order valence-electron chi connectivity index (χ1n) is 16.9. The molecule has 2 aliphatic rings. The number of nitrogens with one attached hydrogen (secondary N) is 2. The molecule has 2 aliphatic heterocycles. The Morgan fingerprint density at radius 1 is 1.06 bits per heavy atom. The monoisotopic (exact) mass is 765 g/mol. The van der Waals surface area contributed by atoms with Gasteiger partial charge in [-0.2, -0.15) is 8.42 Å². The van der Waals surface area contributed by atoms with Gasteiger partial charge in [-0.1, -0.05) is 23.5 Å². The first kappa shape index (κ1) is 37.5. The highest BCUT2D eigenvalue weighted by molar-refractivity contribution is 7.89. The highest BCUT2D eigenvalue weighted by atomic mass is 32.3. The summed E-state index contributed by atoms with van der Waals surface area (Å²) < 4.78 is 42.8. The molecule has 0 spiro atoms. The van der Waals surface area contributed by atoms with Gasteiger partial charge in [0.2, 0.25) is 18.6 Å². The van der Waals surface area contributed by atoms with Gasteiger partial charge in [-0.3, -0.25) is 14.5 Å². The maximum Gasteiger partial charge on any atom is 0.350 e. The Kier molecular flexibility index (Phi) is 10.9. The fraction of sp³-hybridized carbons (Fsp3) is 0.333. The van der Waals surface area contributed by atoms with E-state index in [1.54, 1.807) is 12.1 Å². The maximum absolute atomic E-state index is 14.1. The normalized spacial score (nSPS) is 18.5. The van der Waals surface area contributed by atoms with E-state index < -0.39 is 40.0 Å². The van der Waals surface area contributed by atoms with E-state index in [4.69, 9.17) is 19.4 Å². The lowest BCUT2D eigenvalue weighted by molar-refractivity contribution is -0.928. The number of imide groups is 1. The Bertz CT molecular complexity index is 2110. The van der Waals surface area contributed by atoms with Crippen molar-refractivity contribution in [3.8, 4) is 23.0 Å². The first-order valence-corrected chi connectivity index (χ1v) is 19.1. The summed E-state index contributed by atoms with van der Waals surface area (Å²) in [7, 11) is -2.19. The number of nitrogens with zero attached hydrogens (tertiary/aromatic N) is 3. The summed E-state index contributed by atoms with van der Waals surface area (Å²) in [6, 6.07) is 15.7. The molecule has 17 heteroatoms. The van der Waals surface area contributed by atoms with Gasteiger partial charge in [-0.15, -0.1) is 0 Å². The number of piperidine rings is 1. The summed E-state index contributed by atoms with van der Waals surface area (Å²) in [6.07, 6.45) is 1.47. The van der Waals surface area contributed by atoms with Gasteiger partial charge >= 0.3 is 16.1 Å². The van der Waals surface area contributed by atoms with Crippen LogP contribution >= 0.6 is 11.3 Å². The molecule has 4 aromatic rings. The second-order valence-electron chi connectivity index (χ2n) is 13.4. The minimum atomic E-state index is -4.29. The highest BCUT2D eigenvalue weighted by Gasteiger charge is 2.41. The molecule has 3 heterocycles. The minimum Gasteiger partial charge on any atom is -0.508 e. The van der Waals surface area contributed by atoms with Crippen LogP contribution in [0.2, 0.25) is 0 Å². The van der Waals surface area contributed by atoms with Gasteiger partial charge in [0.15, 0.2) is 20.8 Å². The molecule has 4 amide bonds. The minimum absolute atomic E-state index is 0.0235. The zero-order valence-electron chi connectivity index (χ0n) is 29.4. The number of carbonyl (C=O) groups excluding carboxylic acids is 3. The number of phenolic OH excluding ortho intramolecular Hbond substituents is 1. The molecule has 1 aromatic heterocycles. The van der Waals surface area contributed by atoms with Gasteiger partial charge in [0.1, 0.15) is 24.6 Å². The topological polar surface area (TPSA) is 199 Å². The van der Waals surface area contributed by atoms with E-state index in [0.717, 1.165) is 35.4 Å². The Morgan fingerprint density at radius 3 is 2.47 bits per heavy atom. The third kappa shape index (κ3) is 9.05. The number of quaternary nitrogens is 1. The number of aromatic hydroxyl groups is 1. The number of likely N-dealkylation sites (N-methyl/N-ethyl adjacent to an activating group) is 1. The van der Waals surface area contributed by atoms with E-state index in [9.17, 15) is 27.9 Å². The van der Waals surface area contributed by atoms with Crippen molar-refractivity contribution < 1.29 is 46.0 Å². The van der Waals surface area contributed by atoms with Crippen LogP contribution in [-0.2, 0) is 32.7 Å². The zero-order chi connectivity index (χ0) is 37.9. The summed E-state index contributed by atoms with van der Waals surface area (Å²) in [5.74, 6) is 0.491. The van der Waals surface area contributed by atoms with Crippen LogP contribution in [-0.4, -0.2) is 84.8 Å². The van der Waals surface area contributed by atoms with E-state index in [0.29, 0.717) is 41.2 Å². The van der Waals surface area contributed by atoms with Crippen molar-refractivity contribution in [1.82, 2.24) is 9.88 Å². The molecule has 3 atom stereocenters. The number of aromatic nitrogens is 1. The number of benzene rings is 3. The lowest BCUT2D eigenvalue weighted by Crippen LogP contribution is -2.62. The van der Waals surface area contributed by atoms with E-state index in [2.05, 4.69) is 22.7 Å². The summed E-state index contributed by atoms with van der Waals surface area (Å²) in [6.45, 7) is 4.89. The molecular weight excluding hydrogens is 725 g/mol.